The maximum absolute atomic E-state index is 13.7. The number of aryl methyl sites for hydroxylation is 1. The second-order valence-electron chi connectivity index (χ2n) is 8.69. The standard InChI is InChI=1S/C27H22F2N4O3/c1-15-23(26(35)32(30-15)20-10-6-18(28)7-11-20)25(17-4-3-5-22(34)14-17)24-16(2)31-33(27(24)36)21-12-8-19(29)9-13-21/h3-14,23,25,31,34H,1-2H3/t23-,25-/m0/s1. The number of aromatic nitrogens is 2. The number of benzene rings is 3. The van der Waals surface area contributed by atoms with Crippen molar-refractivity contribution in [2.75, 3.05) is 5.01 Å². The fourth-order valence-corrected chi connectivity index (χ4v) is 4.67. The number of halogens is 2. The third kappa shape index (κ3) is 3.98. The van der Waals surface area contributed by atoms with E-state index < -0.39 is 29.0 Å². The molecule has 36 heavy (non-hydrogen) atoms. The average Bonchev–Trinajstić information content (AvgIpc) is 3.31. The molecule has 0 bridgehead atoms. The molecule has 4 aromatic rings. The quantitative estimate of drug-likeness (QED) is 0.429. The molecular formula is C27H22F2N4O3. The van der Waals surface area contributed by atoms with Crippen LogP contribution < -0.4 is 10.6 Å². The highest BCUT2D eigenvalue weighted by Crippen LogP contribution is 2.39. The second kappa shape index (κ2) is 8.92. The van der Waals surface area contributed by atoms with Crippen molar-refractivity contribution in [1.82, 2.24) is 9.78 Å². The summed E-state index contributed by atoms with van der Waals surface area (Å²) in [6.07, 6.45) is 0. The normalized spacial score (nSPS) is 16.3. The van der Waals surface area contributed by atoms with Crippen molar-refractivity contribution in [2.45, 2.75) is 19.8 Å². The first-order valence-corrected chi connectivity index (χ1v) is 11.3. The van der Waals surface area contributed by atoms with Gasteiger partial charge in [-0.15, -0.1) is 0 Å². The number of rotatable bonds is 5. The van der Waals surface area contributed by atoms with E-state index >= 15 is 0 Å². The van der Waals surface area contributed by atoms with Gasteiger partial charge in [0.1, 0.15) is 17.4 Å². The van der Waals surface area contributed by atoms with Gasteiger partial charge in [0.05, 0.1) is 17.3 Å². The van der Waals surface area contributed by atoms with Crippen LogP contribution in [0, 0.1) is 24.5 Å². The van der Waals surface area contributed by atoms with Gasteiger partial charge in [-0.05, 0) is 80.1 Å². The maximum atomic E-state index is 13.7. The number of amides is 1. The Morgan fingerprint density at radius 1 is 0.917 bits per heavy atom. The van der Waals surface area contributed by atoms with Gasteiger partial charge in [0.2, 0.25) is 0 Å². The van der Waals surface area contributed by atoms with E-state index in [9.17, 15) is 23.5 Å². The van der Waals surface area contributed by atoms with E-state index in [-0.39, 0.29) is 11.7 Å². The molecule has 9 heteroatoms. The first-order valence-electron chi connectivity index (χ1n) is 11.3. The van der Waals surface area contributed by atoms with Crippen LogP contribution in [-0.2, 0) is 4.79 Å². The molecule has 0 saturated heterocycles. The Hall–Kier alpha value is -4.53. The van der Waals surface area contributed by atoms with Crippen LogP contribution >= 0.6 is 0 Å². The molecule has 1 aliphatic heterocycles. The van der Waals surface area contributed by atoms with Crippen molar-refractivity contribution in [1.29, 1.82) is 0 Å². The predicted octanol–water partition coefficient (Wildman–Crippen LogP) is 4.63. The average molecular weight is 488 g/mol. The number of H-pyrrole nitrogens is 1. The van der Waals surface area contributed by atoms with Crippen LogP contribution in [0.1, 0.15) is 29.7 Å². The van der Waals surface area contributed by atoms with E-state index in [1.54, 1.807) is 26.0 Å². The minimum absolute atomic E-state index is 0.0139. The third-order valence-corrected chi connectivity index (χ3v) is 6.33. The van der Waals surface area contributed by atoms with Crippen molar-refractivity contribution in [3.63, 3.8) is 0 Å². The molecule has 5 rings (SSSR count). The summed E-state index contributed by atoms with van der Waals surface area (Å²) in [6.45, 7) is 3.42. The maximum Gasteiger partial charge on any atom is 0.275 e. The lowest BCUT2D eigenvalue weighted by molar-refractivity contribution is -0.120. The number of phenolic OH excluding ortho intramolecular Hbond substituents is 1. The highest BCUT2D eigenvalue weighted by molar-refractivity contribution is 6.15. The molecule has 2 heterocycles. The number of nitrogens with one attached hydrogen (secondary N) is 1. The summed E-state index contributed by atoms with van der Waals surface area (Å²) in [5.74, 6) is -2.92. The Morgan fingerprint density at radius 2 is 1.53 bits per heavy atom. The highest BCUT2D eigenvalue weighted by Gasteiger charge is 2.43. The molecule has 182 valence electrons. The number of phenols is 1. The largest absolute Gasteiger partial charge is 0.508 e. The van der Waals surface area contributed by atoms with Crippen LogP contribution in [0.5, 0.6) is 5.75 Å². The Bertz CT molecular complexity index is 1540. The topological polar surface area (TPSA) is 90.7 Å². The molecule has 2 N–H and O–H groups in total. The molecule has 0 spiro atoms. The Kier molecular flexibility index (Phi) is 5.75. The van der Waals surface area contributed by atoms with Gasteiger partial charge in [0.25, 0.3) is 11.5 Å². The van der Waals surface area contributed by atoms with Gasteiger partial charge in [0, 0.05) is 22.9 Å². The van der Waals surface area contributed by atoms with Gasteiger partial charge in [-0.2, -0.15) is 5.10 Å². The lowest BCUT2D eigenvalue weighted by Gasteiger charge is -2.23. The number of hydrazone groups is 1. The molecule has 0 unspecified atom stereocenters. The summed E-state index contributed by atoms with van der Waals surface area (Å²) in [5.41, 5.74) is 2.26. The molecule has 1 amide bonds. The van der Waals surface area contributed by atoms with Gasteiger partial charge in [-0.25, -0.2) is 18.5 Å². The molecule has 2 atom stereocenters. The summed E-state index contributed by atoms with van der Waals surface area (Å²) in [7, 11) is 0. The number of aromatic amines is 1. The molecule has 3 aromatic carbocycles. The van der Waals surface area contributed by atoms with E-state index in [1.165, 1.54) is 70.4 Å². The van der Waals surface area contributed by atoms with Crippen molar-refractivity contribution < 1.29 is 18.7 Å². The van der Waals surface area contributed by atoms with Gasteiger partial charge < -0.3 is 5.11 Å². The molecule has 0 aliphatic carbocycles. The summed E-state index contributed by atoms with van der Waals surface area (Å²) in [4.78, 5) is 27.4. The number of carbonyl (C=O) groups excluding carboxylic acids is 1. The van der Waals surface area contributed by atoms with Crippen molar-refractivity contribution in [3.8, 4) is 11.4 Å². The Labute approximate surface area is 204 Å². The van der Waals surface area contributed by atoms with E-state index in [4.69, 9.17) is 0 Å². The fraction of sp³-hybridized carbons (Fsp3) is 0.148. The van der Waals surface area contributed by atoms with Gasteiger partial charge >= 0.3 is 0 Å². The predicted molar refractivity (Wildman–Crippen MR) is 132 cm³/mol. The lowest BCUT2D eigenvalue weighted by Crippen LogP contribution is -2.34. The monoisotopic (exact) mass is 488 g/mol. The zero-order chi connectivity index (χ0) is 25.6. The number of nitrogens with zero attached hydrogens (tertiary/aromatic N) is 3. The minimum Gasteiger partial charge on any atom is -0.508 e. The first-order chi connectivity index (χ1) is 17.2. The number of carbonyl (C=O) groups is 1. The van der Waals surface area contributed by atoms with E-state index in [0.717, 1.165) is 0 Å². The molecule has 0 saturated carbocycles. The molecule has 0 radical (unpaired) electrons. The van der Waals surface area contributed by atoms with Crippen molar-refractivity contribution in [2.24, 2.45) is 11.0 Å². The third-order valence-electron chi connectivity index (χ3n) is 6.33. The molecule has 1 aromatic heterocycles. The van der Waals surface area contributed by atoms with Gasteiger partial charge in [0.15, 0.2) is 0 Å². The fourth-order valence-electron chi connectivity index (χ4n) is 4.67. The highest BCUT2D eigenvalue weighted by atomic mass is 19.1. The van der Waals surface area contributed by atoms with E-state index in [1.807, 2.05) is 0 Å². The number of anilines is 1. The molecule has 0 fully saturated rings. The zero-order valence-corrected chi connectivity index (χ0v) is 19.4. The lowest BCUT2D eigenvalue weighted by atomic mass is 9.78. The Balaban J connectivity index is 1.65. The van der Waals surface area contributed by atoms with Crippen LogP contribution in [-0.4, -0.2) is 26.5 Å². The van der Waals surface area contributed by atoms with Crippen LogP contribution in [0.2, 0.25) is 0 Å². The van der Waals surface area contributed by atoms with Gasteiger partial charge in [-0.1, -0.05) is 12.1 Å². The minimum atomic E-state index is -0.860. The van der Waals surface area contributed by atoms with Gasteiger partial charge in [-0.3, -0.25) is 14.7 Å². The SMILES string of the molecule is CC1=NN(c2ccc(F)cc2)C(=O)[C@@H]1[C@H](c1cccc(O)c1)c1c(C)[nH]n(-c2ccc(F)cc2)c1=O. The van der Waals surface area contributed by atoms with Crippen LogP contribution in [0.15, 0.2) is 82.7 Å². The first kappa shape index (κ1) is 23.2. The summed E-state index contributed by atoms with van der Waals surface area (Å²) < 4.78 is 28.2. The molecule has 1 aliphatic rings. The smallest absolute Gasteiger partial charge is 0.275 e. The summed E-state index contributed by atoms with van der Waals surface area (Å²) >= 11 is 0. The van der Waals surface area contributed by atoms with Crippen LogP contribution in [0.4, 0.5) is 14.5 Å². The second-order valence-corrected chi connectivity index (χ2v) is 8.69. The molecule has 7 nitrogen and oxygen atoms in total. The van der Waals surface area contributed by atoms with Crippen molar-refractivity contribution in [3.05, 3.63) is 112 Å². The van der Waals surface area contributed by atoms with Crippen molar-refractivity contribution >= 4 is 17.3 Å². The zero-order valence-electron chi connectivity index (χ0n) is 19.4. The summed E-state index contributed by atoms with van der Waals surface area (Å²) in [5, 5.41) is 18.9. The number of hydrogen-bond acceptors (Lipinski definition) is 4. The number of hydrogen-bond donors (Lipinski definition) is 2. The Morgan fingerprint density at radius 3 is 2.14 bits per heavy atom. The summed E-state index contributed by atoms with van der Waals surface area (Å²) in [6, 6.07) is 17.2. The number of aromatic hydroxyl groups is 1. The van der Waals surface area contributed by atoms with Crippen LogP contribution in [0.25, 0.3) is 5.69 Å². The van der Waals surface area contributed by atoms with E-state index in [2.05, 4.69) is 10.2 Å². The van der Waals surface area contributed by atoms with Crippen LogP contribution in [0.3, 0.4) is 0 Å². The van der Waals surface area contributed by atoms with E-state index in [0.29, 0.717) is 33.9 Å². The molecular weight excluding hydrogens is 466 g/mol.